The van der Waals surface area contributed by atoms with Crippen LogP contribution in [0.15, 0.2) is 179 Å². The second kappa shape index (κ2) is 15.5. The summed E-state index contributed by atoms with van der Waals surface area (Å²) in [5.41, 5.74) is 14.1. The molecule has 0 aliphatic heterocycles. The summed E-state index contributed by atoms with van der Waals surface area (Å²) in [5.74, 6) is 0. The fourth-order valence-electron chi connectivity index (χ4n) is 9.70. The maximum atomic E-state index is 6.69. The van der Waals surface area contributed by atoms with Crippen LogP contribution in [-0.4, -0.2) is 8.07 Å². The van der Waals surface area contributed by atoms with Crippen molar-refractivity contribution in [2.75, 3.05) is 9.80 Å². The van der Waals surface area contributed by atoms with Crippen molar-refractivity contribution in [2.45, 2.75) is 78.9 Å². The quantitative estimate of drug-likeness (QED) is 0.149. The standard InChI is InChI=1S/C62H58N2O2Si/c1-39-11-19-46(20-12-39)63(47-23-15-44(16-24-47)61(2,3)4)50-21-13-40-33-53-55-37-56-54-34-41-14-22-51(32-43(41)36-58(54)66-60(56)38-59(55)65-57(53)35-42(40)31-50)64(48-25-17-45(18-26-48)62(5,6)7)49-27-29-52(30-28-49)67(8,9)10/h11-38H,1-10H3. The molecular formula is C62H58N2O2Si. The monoisotopic (exact) mass is 890 g/mol. The van der Waals surface area contributed by atoms with Crippen LogP contribution in [0.3, 0.4) is 0 Å². The lowest BCUT2D eigenvalue weighted by Gasteiger charge is -2.28. The van der Waals surface area contributed by atoms with Crippen LogP contribution < -0.4 is 15.0 Å². The van der Waals surface area contributed by atoms with Gasteiger partial charge in [0.1, 0.15) is 22.3 Å². The first-order chi connectivity index (χ1) is 31.9. The average molecular weight is 891 g/mol. The van der Waals surface area contributed by atoms with Crippen molar-refractivity contribution in [1.82, 2.24) is 0 Å². The molecule has 0 aliphatic rings. The van der Waals surface area contributed by atoms with Gasteiger partial charge in [0.2, 0.25) is 0 Å². The topological polar surface area (TPSA) is 32.8 Å². The first kappa shape index (κ1) is 42.5. The molecule has 0 amide bonds. The summed E-state index contributed by atoms with van der Waals surface area (Å²) in [6.45, 7) is 22.9. The first-order valence-corrected chi connectivity index (χ1v) is 27.1. The van der Waals surface area contributed by atoms with Crippen LogP contribution in [0.5, 0.6) is 0 Å². The van der Waals surface area contributed by atoms with Crippen LogP contribution in [0, 0.1) is 6.92 Å². The van der Waals surface area contributed by atoms with Crippen LogP contribution in [0.4, 0.5) is 34.1 Å². The van der Waals surface area contributed by atoms with E-state index in [9.17, 15) is 0 Å². The molecule has 0 aliphatic carbocycles. The van der Waals surface area contributed by atoms with Crippen molar-refractivity contribution in [3.8, 4) is 0 Å². The average Bonchev–Trinajstić information content (AvgIpc) is 3.82. The van der Waals surface area contributed by atoms with Gasteiger partial charge in [-0.3, -0.25) is 0 Å². The third-order valence-electron chi connectivity index (χ3n) is 13.7. The van der Waals surface area contributed by atoms with Gasteiger partial charge in [0.15, 0.2) is 0 Å². The van der Waals surface area contributed by atoms with E-state index in [2.05, 4.69) is 248 Å². The van der Waals surface area contributed by atoms with Crippen LogP contribution >= 0.6 is 0 Å². The number of hydrogen-bond donors (Lipinski definition) is 0. The van der Waals surface area contributed by atoms with Gasteiger partial charge in [0.25, 0.3) is 0 Å². The summed E-state index contributed by atoms with van der Waals surface area (Å²) >= 11 is 0. The highest BCUT2D eigenvalue weighted by atomic mass is 28.3. The van der Waals surface area contributed by atoms with E-state index in [1.807, 2.05) is 0 Å². The number of furan rings is 2. The fourth-order valence-corrected chi connectivity index (χ4v) is 10.9. The molecule has 2 heterocycles. The summed E-state index contributed by atoms with van der Waals surface area (Å²) in [7, 11) is -1.46. The molecule has 332 valence electrons. The van der Waals surface area contributed by atoms with E-state index < -0.39 is 8.07 Å². The summed E-state index contributed by atoms with van der Waals surface area (Å²) < 4.78 is 13.4. The first-order valence-electron chi connectivity index (χ1n) is 23.6. The Morgan fingerprint density at radius 1 is 0.343 bits per heavy atom. The molecule has 5 heteroatoms. The van der Waals surface area contributed by atoms with E-state index in [0.717, 1.165) is 94.2 Å². The van der Waals surface area contributed by atoms with Crippen LogP contribution in [0.2, 0.25) is 19.6 Å². The van der Waals surface area contributed by atoms with Gasteiger partial charge in [0, 0.05) is 61.7 Å². The Morgan fingerprint density at radius 2 is 0.687 bits per heavy atom. The predicted molar refractivity (Wildman–Crippen MR) is 290 cm³/mol. The number of hydrogen-bond acceptors (Lipinski definition) is 4. The number of nitrogens with zero attached hydrogens (tertiary/aromatic N) is 2. The lowest BCUT2D eigenvalue weighted by atomic mass is 9.87. The molecular weight excluding hydrogens is 833 g/mol. The van der Waals surface area contributed by atoms with Crippen molar-refractivity contribution in [3.05, 3.63) is 187 Å². The van der Waals surface area contributed by atoms with Gasteiger partial charge in [-0.25, -0.2) is 0 Å². The number of rotatable bonds is 7. The lowest BCUT2D eigenvalue weighted by Crippen LogP contribution is -2.37. The zero-order valence-electron chi connectivity index (χ0n) is 40.4. The highest BCUT2D eigenvalue weighted by Gasteiger charge is 2.22. The Labute approximate surface area is 395 Å². The minimum atomic E-state index is -1.46. The lowest BCUT2D eigenvalue weighted by molar-refractivity contribution is 0.590. The second-order valence-electron chi connectivity index (χ2n) is 21.7. The molecule has 4 nitrogen and oxygen atoms in total. The zero-order valence-corrected chi connectivity index (χ0v) is 41.4. The minimum Gasteiger partial charge on any atom is -0.456 e. The number of anilines is 6. The molecule has 0 N–H and O–H groups in total. The second-order valence-corrected chi connectivity index (χ2v) is 26.8. The molecule has 0 saturated heterocycles. The molecule has 0 bridgehead atoms. The molecule has 0 spiro atoms. The van der Waals surface area contributed by atoms with Crippen molar-refractivity contribution in [3.63, 3.8) is 0 Å². The van der Waals surface area contributed by atoms with Crippen LogP contribution in [-0.2, 0) is 10.8 Å². The Bertz CT molecular complexity index is 3610. The minimum absolute atomic E-state index is 0.0731. The Hall–Kier alpha value is -7.08. The van der Waals surface area contributed by atoms with E-state index in [-0.39, 0.29) is 10.8 Å². The summed E-state index contributed by atoms with van der Waals surface area (Å²) in [6.07, 6.45) is 0. The van der Waals surface area contributed by atoms with Crippen molar-refractivity contribution in [1.29, 1.82) is 0 Å². The van der Waals surface area contributed by atoms with E-state index >= 15 is 0 Å². The molecule has 11 aromatic rings. The van der Waals surface area contributed by atoms with Crippen molar-refractivity contribution < 1.29 is 8.83 Å². The van der Waals surface area contributed by atoms with Gasteiger partial charge in [0.05, 0.1) is 8.07 Å². The maximum Gasteiger partial charge on any atom is 0.139 e. The van der Waals surface area contributed by atoms with Gasteiger partial charge in [-0.05, 0) is 154 Å². The van der Waals surface area contributed by atoms with E-state index in [4.69, 9.17) is 8.83 Å². The van der Waals surface area contributed by atoms with Crippen molar-refractivity contribution in [2.24, 2.45) is 0 Å². The Kier molecular flexibility index (Phi) is 9.84. The third kappa shape index (κ3) is 7.75. The van der Waals surface area contributed by atoms with Gasteiger partial charge < -0.3 is 18.6 Å². The number of fused-ring (bicyclic) bond motifs is 8. The highest BCUT2D eigenvalue weighted by Crippen LogP contribution is 2.43. The van der Waals surface area contributed by atoms with E-state index in [1.54, 1.807) is 0 Å². The van der Waals surface area contributed by atoms with Gasteiger partial charge in [-0.2, -0.15) is 0 Å². The molecule has 9 aromatic carbocycles. The Morgan fingerprint density at radius 3 is 1.07 bits per heavy atom. The van der Waals surface area contributed by atoms with Gasteiger partial charge in [-0.1, -0.05) is 133 Å². The molecule has 0 saturated carbocycles. The van der Waals surface area contributed by atoms with Crippen molar-refractivity contribution >= 4 is 113 Å². The zero-order chi connectivity index (χ0) is 46.6. The van der Waals surface area contributed by atoms with Gasteiger partial charge >= 0.3 is 0 Å². The largest absolute Gasteiger partial charge is 0.456 e. The van der Waals surface area contributed by atoms with E-state index in [0.29, 0.717) is 0 Å². The maximum absolute atomic E-state index is 6.69. The number of benzene rings is 9. The molecule has 0 radical (unpaired) electrons. The van der Waals surface area contributed by atoms with Crippen LogP contribution in [0.25, 0.3) is 65.4 Å². The normalized spacial score (nSPS) is 12.6. The summed E-state index contributed by atoms with van der Waals surface area (Å²) in [5, 5.41) is 10.4. The SMILES string of the molecule is Cc1ccc(N(c2ccc(C(C)(C)C)cc2)c2ccc3cc4c(cc3c2)oc2cc3oc5cc6cc(N(c7ccc(C(C)(C)C)cc7)c7ccc([Si](C)(C)C)cc7)ccc6cc5c3cc24)cc1. The third-order valence-corrected chi connectivity index (χ3v) is 15.8. The molecule has 0 unspecified atom stereocenters. The smallest absolute Gasteiger partial charge is 0.139 e. The predicted octanol–water partition coefficient (Wildman–Crippen LogP) is 18.2. The van der Waals surface area contributed by atoms with Gasteiger partial charge in [-0.15, -0.1) is 0 Å². The summed E-state index contributed by atoms with van der Waals surface area (Å²) in [4.78, 5) is 4.71. The molecule has 0 fully saturated rings. The molecule has 11 rings (SSSR count). The van der Waals surface area contributed by atoms with Crippen LogP contribution in [0.1, 0.15) is 58.2 Å². The fraction of sp³-hybridized carbons (Fsp3) is 0.194. The molecule has 67 heavy (non-hydrogen) atoms. The Balaban J connectivity index is 0.975. The van der Waals surface area contributed by atoms with E-state index in [1.165, 1.54) is 27.3 Å². The summed E-state index contributed by atoms with van der Waals surface area (Å²) in [6, 6.07) is 62.9. The molecule has 2 aromatic heterocycles. The highest BCUT2D eigenvalue weighted by molar-refractivity contribution is 6.88. The molecule has 0 atom stereocenters. The number of aryl methyl sites for hydroxylation is 1.